The molecule has 0 saturated heterocycles. The molecule has 0 saturated carbocycles. The molecule has 0 radical (unpaired) electrons. The first kappa shape index (κ1) is 9.44. The van der Waals surface area contributed by atoms with Gasteiger partial charge in [-0.25, -0.2) is 0 Å². The van der Waals surface area contributed by atoms with Gasteiger partial charge in [0.05, 0.1) is 0 Å². The molecule has 54 valence electrons. The minimum absolute atomic E-state index is 0.360. The predicted octanol–water partition coefficient (Wildman–Crippen LogP) is 2.72. The van der Waals surface area contributed by atoms with E-state index >= 15 is 0 Å². The summed E-state index contributed by atoms with van der Waals surface area (Å²) in [6.07, 6.45) is 2.18. The lowest BCUT2D eigenvalue weighted by Crippen LogP contribution is -2.12. The van der Waals surface area contributed by atoms with Crippen molar-refractivity contribution in [2.24, 2.45) is 5.41 Å². The van der Waals surface area contributed by atoms with Crippen LogP contribution in [0.3, 0.4) is 0 Å². The zero-order valence-corrected chi connectivity index (χ0v) is 7.77. The zero-order chi connectivity index (χ0) is 7.33. The van der Waals surface area contributed by atoms with Crippen LogP contribution in [0.25, 0.3) is 0 Å². The van der Waals surface area contributed by atoms with E-state index in [1.54, 1.807) is 5.37 Å². The van der Waals surface area contributed by atoms with Gasteiger partial charge in [-0.3, -0.25) is 0 Å². The molecule has 0 atom stereocenters. The Bertz CT molecular complexity index is 86.9. The van der Waals surface area contributed by atoms with Gasteiger partial charge < -0.3 is 0 Å². The number of hydrogen-bond donors (Lipinski definition) is 1. The fourth-order valence-corrected chi connectivity index (χ4v) is 0.805. The molecule has 0 aromatic rings. The molecule has 0 aromatic heterocycles. The summed E-state index contributed by atoms with van der Waals surface area (Å²) in [4.78, 5) is 0. The molecule has 0 heterocycles. The highest BCUT2D eigenvalue weighted by Crippen LogP contribution is 2.22. The van der Waals surface area contributed by atoms with Crippen LogP contribution in [0, 0.1) is 5.41 Å². The molecular formula is C7H14S2. The summed E-state index contributed by atoms with van der Waals surface area (Å²) in [5.74, 6) is 0.941. The molecule has 0 nitrogen and oxygen atoms in total. The molecule has 0 N–H and O–H groups in total. The summed E-state index contributed by atoms with van der Waals surface area (Å²) >= 11 is 8.94. The Balaban J connectivity index is 3.44. The molecule has 0 fully saturated rings. The zero-order valence-electron chi connectivity index (χ0n) is 6.05. The van der Waals surface area contributed by atoms with Crippen molar-refractivity contribution in [3.8, 4) is 0 Å². The Morgan fingerprint density at radius 1 is 1.56 bits per heavy atom. The minimum Gasteiger partial charge on any atom is -0.179 e. The molecule has 0 aliphatic heterocycles. The van der Waals surface area contributed by atoms with Crippen LogP contribution in [0.1, 0.15) is 26.7 Å². The average molecular weight is 162 g/mol. The van der Waals surface area contributed by atoms with E-state index in [1.165, 1.54) is 0 Å². The van der Waals surface area contributed by atoms with E-state index in [0.29, 0.717) is 5.41 Å². The number of hydrogen-bond acceptors (Lipinski definition) is 2. The SMILES string of the molecule is CC(C)(CS)CCC=S. The quantitative estimate of drug-likeness (QED) is 0.490. The van der Waals surface area contributed by atoms with Gasteiger partial charge >= 0.3 is 0 Å². The van der Waals surface area contributed by atoms with E-state index in [2.05, 4.69) is 26.5 Å². The fourth-order valence-electron chi connectivity index (χ4n) is 0.529. The summed E-state index contributed by atoms with van der Waals surface area (Å²) in [5.41, 5.74) is 0.360. The Morgan fingerprint density at radius 3 is 2.44 bits per heavy atom. The van der Waals surface area contributed by atoms with Crippen LogP contribution in [-0.2, 0) is 0 Å². The van der Waals surface area contributed by atoms with Gasteiger partial charge in [-0.1, -0.05) is 26.1 Å². The number of thiocarbonyl (C=S) groups is 1. The first-order valence-electron chi connectivity index (χ1n) is 3.17. The van der Waals surface area contributed by atoms with E-state index in [1.807, 2.05) is 0 Å². The second kappa shape index (κ2) is 4.29. The highest BCUT2D eigenvalue weighted by molar-refractivity contribution is 7.80. The molecule has 0 amide bonds. The van der Waals surface area contributed by atoms with Gasteiger partial charge in [0.1, 0.15) is 0 Å². The maximum absolute atomic E-state index is 4.72. The highest BCUT2D eigenvalue weighted by atomic mass is 32.1. The van der Waals surface area contributed by atoms with Gasteiger partial charge in [0.25, 0.3) is 0 Å². The van der Waals surface area contributed by atoms with Crippen LogP contribution in [0.2, 0.25) is 0 Å². The number of thiol groups is 1. The van der Waals surface area contributed by atoms with Crippen molar-refractivity contribution in [3.63, 3.8) is 0 Å². The van der Waals surface area contributed by atoms with Gasteiger partial charge in [-0.05, 0) is 29.4 Å². The van der Waals surface area contributed by atoms with Gasteiger partial charge in [0.2, 0.25) is 0 Å². The van der Waals surface area contributed by atoms with Crippen molar-refractivity contribution in [3.05, 3.63) is 0 Å². The maximum Gasteiger partial charge on any atom is -0.00463 e. The molecule has 0 aliphatic rings. The van der Waals surface area contributed by atoms with E-state index in [4.69, 9.17) is 12.2 Å². The Morgan fingerprint density at radius 2 is 2.11 bits per heavy atom. The molecule has 0 bridgehead atoms. The van der Waals surface area contributed by atoms with Crippen molar-refractivity contribution in [2.75, 3.05) is 5.75 Å². The summed E-state index contributed by atoms with van der Waals surface area (Å²) in [6, 6.07) is 0. The van der Waals surface area contributed by atoms with E-state index in [0.717, 1.165) is 18.6 Å². The third-order valence-corrected chi connectivity index (χ3v) is 2.46. The molecule has 0 aliphatic carbocycles. The van der Waals surface area contributed by atoms with Crippen LogP contribution in [-0.4, -0.2) is 11.1 Å². The lowest BCUT2D eigenvalue weighted by atomic mass is 9.91. The van der Waals surface area contributed by atoms with Crippen LogP contribution in [0.4, 0.5) is 0 Å². The molecule has 2 heteroatoms. The minimum atomic E-state index is 0.360. The van der Waals surface area contributed by atoms with Crippen LogP contribution < -0.4 is 0 Å². The molecular weight excluding hydrogens is 148 g/mol. The van der Waals surface area contributed by atoms with Gasteiger partial charge in [-0.2, -0.15) is 12.6 Å². The van der Waals surface area contributed by atoms with Crippen LogP contribution in [0.15, 0.2) is 0 Å². The summed E-state index contributed by atoms with van der Waals surface area (Å²) < 4.78 is 0. The monoisotopic (exact) mass is 162 g/mol. The Kier molecular flexibility index (Phi) is 4.50. The maximum atomic E-state index is 4.72. The highest BCUT2D eigenvalue weighted by Gasteiger charge is 2.13. The number of rotatable bonds is 4. The van der Waals surface area contributed by atoms with E-state index < -0.39 is 0 Å². The summed E-state index contributed by atoms with van der Waals surface area (Å²) in [6.45, 7) is 4.41. The third kappa shape index (κ3) is 4.91. The molecule has 0 unspecified atom stereocenters. The smallest absolute Gasteiger partial charge is 0.00463 e. The van der Waals surface area contributed by atoms with Crippen LogP contribution >= 0.6 is 24.8 Å². The van der Waals surface area contributed by atoms with Gasteiger partial charge in [0.15, 0.2) is 0 Å². The third-order valence-electron chi connectivity index (χ3n) is 1.37. The second-order valence-electron chi connectivity index (χ2n) is 3.03. The van der Waals surface area contributed by atoms with Gasteiger partial charge in [0, 0.05) is 0 Å². The normalized spacial score (nSPS) is 11.4. The molecule has 0 aromatic carbocycles. The molecule has 0 spiro atoms. The standard InChI is InChI=1S/C7H14S2/c1-7(2,6-9)4-3-5-8/h5,9H,3-4,6H2,1-2H3. The first-order valence-corrected chi connectivity index (χ1v) is 4.27. The first-order chi connectivity index (χ1) is 4.12. The van der Waals surface area contributed by atoms with Crippen molar-refractivity contribution >= 4 is 30.2 Å². The average Bonchev–Trinajstić information content (AvgIpc) is 1.84. The topological polar surface area (TPSA) is 0 Å². The summed E-state index contributed by atoms with van der Waals surface area (Å²) in [5, 5.41) is 1.80. The van der Waals surface area contributed by atoms with Crippen LogP contribution in [0.5, 0.6) is 0 Å². The Hall–Kier alpha value is 0.440. The Labute approximate surface area is 68.4 Å². The van der Waals surface area contributed by atoms with E-state index in [9.17, 15) is 0 Å². The van der Waals surface area contributed by atoms with Crippen molar-refractivity contribution in [1.82, 2.24) is 0 Å². The van der Waals surface area contributed by atoms with Gasteiger partial charge in [-0.15, -0.1) is 0 Å². The lowest BCUT2D eigenvalue weighted by Gasteiger charge is -2.20. The lowest BCUT2D eigenvalue weighted by molar-refractivity contribution is 0.399. The van der Waals surface area contributed by atoms with E-state index in [-0.39, 0.29) is 0 Å². The largest absolute Gasteiger partial charge is 0.179 e. The molecule has 9 heavy (non-hydrogen) atoms. The van der Waals surface area contributed by atoms with Crippen molar-refractivity contribution < 1.29 is 0 Å². The van der Waals surface area contributed by atoms with Crippen molar-refractivity contribution in [2.45, 2.75) is 26.7 Å². The predicted molar refractivity (Wildman–Crippen MR) is 50.5 cm³/mol. The second-order valence-corrected chi connectivity index (χ2v) is 3.68. The summed E-state index contributed by atoms with van der Waals surface area (Å²) in [7, 11) is 0. The fraction of sp³-hybridized carbons (Fsp3) is 0.857. The molecule has 0 rings (SSSR count). The van der Waals surface area contributed by atoms with Crippen molar-refractivity contribution in [1.29, 1.82) is 0 Å².